The molecule has 3 aromatic heterocycles. The molecule has 0 amide bonds. The Morgan fingerprint density at radius 3 is 2.40 bits per heavy atom. The summed E-state index contributed by atoms with van der Waals surface area (Å²) < 4.78 is 2.29. The van der Waals surface area contributed by atoms with Crippen LogP contribution in [0.2, 0.25) is 0 Å². The van der Waals surface area contributed by atoms with Crippen LogP contribution in [0.1, 0.15) is 0 Å². The largest absolute Gasteiger partial charge is 0.383 e. The van der Waals surface area contributed by atoms with Gasteiger partial charge < -0.3 is 22.2 Å². The number of hydrogen-bond donors (Lipinski definition) is 4. The minimum absolute atomic E-state index is 0.190. The maximum Gasteiger partial charge on any atom is 0.222 e. The fraction of sp³-hybridized carbons (Fsp3) is 0. The van der Waals surface area contributed by atoms with Crippen LogP contribution in [0.15, 0.2) is 16.9 Å². The highest BCUT2D eigenvalue weighted by Crippen LogP contribution is 2.16. The lowest BCUT2D eigenvalue weighted by atomic mass is 10.6. The molecule has 104 valence electrons. The summed E-state index contributed by atoms with van der Waals surface area (Å²) in [6, 6.07) is 0. The van der Waals surface area contributed by atoms with Gasteiger partial charge in [-0.2, -0.15) is 9.97 Å². The molecule has 0 atom stereocenters. The lowest BCUT2D eigenvalue weighted by molar-refractivity contribution is 1.18. The Kier molecular flexibility index (Phi) is 4.42. The Morgan fingerprint density at radius 1 is 1.10 bits per heavy atom. The molecule has 0 bridgehead atoms. The highest BCUT2D eigenvalue weighted by molar-refractivity contribution is 9.10. The van der Waals surface area contributed by atoms with Crippen LogP contribution in [-0.2, 0) is 0 Å². The molecule has 0 spiro atoms. The average molecular weight is 373 g/mol. The van der Waals surface area contributed by atoms with Gasteiger partial charge in [-0.15, -0.1) is 11.3 Å². The molecule has 0 unspecified atom stereocenters. The van der Waals surface area contributed by atoms with Crippen LogP contribution in [0.3, 0.4) is 0 Å². The quantitative estimate of drug-likeness (QED) is 0.436. The number of thiazole rings is 1. The van der Waals surface area contributed by atoms with Crippen molar-refractivity contribution in [2.24, 2.45) is 0 Å². The van der Waals surface area contributed by atoms with E-state index in [-0.39, 0.29) is 11.9 Å². The molecule has 20 heavy (non-hydrogen) atoms. The first-order valence-corrected chi connectivity index (χ1v) is 7.12. The maximum atomic E-state index is 5.36. The van der Waals surface area contributed by atoms with Crippen LogP contribution in [0.25, 0.3) is 10.3 Å². The maximum absolute atomic E-state index is 5.36. The van der Waals surface area contributed by atoms with E-state index in [0.29, 0.717) is 19.9 Å². The molecule has 11 heteroatoms. The number of halogens is 1. The van der Waals surface area contributed by atoms with Crippen molar-refractivity contribution >= 4 is 67.5 Å². The van der Waals surface area contributed by atoms with Crippen LogP contribution in [-0.4, -0.2) is 24.9 Å². The van der Waals surface area contributed by atoms with Crippen molar-refractivity contribution in [3.63, 3.8) is 0 Å². The molecule has 3 aromatic rings. The van der Waals surface area contributed by atoms with E-state index in [1.807, 2.05) is 0 Å². The SMILES string of the molecule is Nc1ncc(Br)c(N)n1.Nc1ncc2sc(=S)[nH]c2n1. The third kappa shape index (κ3) is 3.59. The van der Waals surface area contributed by atoms with Gasteiger partial charge in [-0.3, -0.25) is 0 Å². The average Bonchev–Trinajstić information content (AvgIpc) is 2.74. The molecule has 0 aliphatic rings. The molecule has 0 aliphatic heterocycles. The minimum atomic E-state index is 0.190. The zero-order chi connectivity index (χ0) is 14.7. The molecular formula is C9H9BrN8S2. The van der Waals surface area contributed by atoms with Gasteiger partial charge >= 0.3 is 0 Å². The lowest BCUT2D eigenvalue weighted by Gasteiger charge is -1.94. The second-order valence-electron chi connectivity index (χ2n) is 3.42. The van der Waals surface area contributed by atoms with Crippen molar-refractivity contribution in [3.05, 3.63) is 20.8 Å². The smallest absolute Gasteiger partial charge is 0.222 e. The van der Waals surface area contributed by atoms with Gasteiger partial charge in [0, 0.05) is 6.20 Å². The van der Waals surface area contributed by atoms with Gasteiger partial charge in [-0.25, -0.2) is 9.97 Å². The van der Waals surface area contributed by atoms with Crippen LogP contribution in [0.5, 0.6) is 0 Å². The summed E-state index contributed by atoms with van der Waals surface area (Å²) in [5.41, 5.74) is 16.6. The number of nitrogens with zero attached hydrogens (tertiary/aromatic N) is 4. The van der Waals surface area contributed by atoms with Gasteiger partial charge in [-0.05, 0) is 28.1 Å². The van der Waals surface area contributed by atoms with E-state index >= 15 is 0 Å². The molecule has 0 aromatic carbocycles. The first-order chi connectivity index (χ1) is 9.45. The zero-order valence-electron chi connectivity index (χ0n) is 9.87. The van der Waals surface area contributed by atoms with E-state index in [0.717, 1.165) is 4.70 Å². The standard InChI is InChI=1S/C5H4N4S2.C4H5BrN4/c6-4-7-1-2-3(8-4)9-5(10)11-2;5-2-1-8-4(7)9-3(2)6/h1H,(H3,6,7,8,9,10);1H,(H4,6,7,8,9). The van der Waals surface area contributed by atoms with Gasteiger partial charge in [-0.1, -0.05) is 0 Å². The first-order valence-electron chi connectivity index (χ1n) is 5.10. The van der Waals surface area contributed by atoms with Gasteiger partial charge in [0.2, 0.25) is 11.9 Å². The number of nitrogens with two attached hydrogens (primary N) is 3. The molecule has 0 saturated heterocycles. The van der Waals surface area contributed by atoms with Crippen LogP contribution < -0.4 is 17.2 Å². The Hall–Kier alpha value is -1.85. The highest BCUT2D eigenvalue weighted by Gasteiger charge is 1.98. The summed E-state index contributed by atoms with van der Waals surface area (Å²) >= 11 is 9.47. The van der Waals surface area contributed by atoms with Crippen LogP contribution in [0, 0.1) is 3.95 Å². The van der Waals surface area contributed by atoms with E-state index in [4.69, 9.17) is 29.4 Å². The number of aromatic amines is 1. The molecule has 0 fully saturated rings. The van der Waals surface area contributed by atoms with Crippen molar-refractivity contribution in [1.82, 2.24) is 24.9 Å². The predicted molar refractivity (Wildman–Crippen MR) is 85.6 cm³/mol. The first kappa shape index (κ1) is 14.6. The zero-order valence-corrected chi connectivity index (χ0v) is 13.1. The van der Waals surface area contributed by atoms with Crippen molar-refractivity contribution in [3.8, 4) is 0 Å². The number of hydrogen-bond acceptors (Lipinski definition) is 9. The van der Waals surface area contributed by atoms with Crippen molar-refractivity contribution in [1.29, 1.82) is 0 Å². The molecule has 0 aliphatic carbocycles. The number of H-pyrrole nitrogens is 1. The van der Waals surface area contributed by atoms with Crippen LogP contribution >= 0.6 is 39.5 Å². The summed E-state index contributed by atoms with van der Waals surface area (Å²) in [6.07, 6.45) is 3.17. The number of rotatable bonds is 0. The molecule has 3 rings (SSSR count). The lowest BCUT2D eigenvalue weighted by Crippen LogP contribution is -1.98. The van der Waals surface area contributed by atoms with Crippen LogP contribution in [0.4, 0.5) is 17.7 Å². The highest BCUT2D eigenvalue weighted by atomic mass is 79.9. The Labute approximate surface area is 130 Å². The second kappa shape index (κ2) is 6.07. The second-order valence-corrected chi connectivity index (χ2v) is 5.99. The number of anilines is 3. The summed E-state index contributed by atoms with van der Waals surface area (Å²) in [5.74, 6) is 0.819. The topological polar surface area (TPSA) is 145 Å². The number of aromatic nitrogens is 5. The minimum Gasteiger partial charge on any atom is -0.383 e. The predicted octanol–water partition coefficient (Wildman–Crippen LogP) is 1.73. The van der Waals surface area contributed by atoms with Gasteiger partial charge in [0.05, 0.1) is 15.4 Å². The van der Waals surface area contributed by atoms with E-state index in [2.05, 4.69) is 40.8 Å². The molecular weight excluding hydrogens is 364 g/mol. The van der Waals surface area contributed by atoms with E-state index in [1.165, 1.54) is 17.5 Å². The Morgan fingerprint density at radius 2 is 1.75 bits per heavy atom. The van der Waals surface area contributed by atoms with E-state index < -0.39 is 0 Å². The van der Waals surface area contributed by atoms with Crippen molar-refractivity contribution in [2.75, 3.05) is 17.2 Å². The van der Waals surface area contributed by atoms with Gasteiger partial charge in [0.1, 0.15) is 5.82 Å². The molecule has 0 saturated carbocycles. The van der Waals surface area contributed by atoms with E-state index in [9.17, 15) is 0 Å². The molecule has 3 heterocycles. The monoisotopic (exact) mass is 372 g/mol. The summed E-state index contributed by atoms with van der Waals surface area (Å²) in [6.45, 7) is 0. The third-order valence-corrected chi connectivity index (χ3v) is 3.76. The summed E-state index contributed by atoms with van der Waals surface area (Å²) in [4.78, 5) is 18.0. The fourth-order valence-electron chi connectivity index (χ4n) is 1.17. The molecule has 7 N–H and O–H groups in total. The van der Waals surface area contributed by atoms with Crippen molar-refractivity contribution in [2.45, 2.75) is 0 Å². The normalized spacial score (nSPS) is 10.1. The summed E-state index contributed by atoms with van der Waals surface area (Å²) in [7, 11) is 0. The number of fused-ring (bicyclic) bond motifs is 1. The molecule has 8 nitrogen and oxygen atoms in total. The molecule has 0 radical (unpaired) electrons. The fourth-order valence-corrected chi connectivity index (χ4v) is 2.37. The Bertz CT molecular complexity index is 798. The number of nitrogens with one attached hydrogen (secondary N) is 1. The van der Waals surface area contributed by atoms with E-state index in [1.54, 1.807) is 6.20 Å². The Balaban J connectivity index is 0.000000151. The number of nitrogen functional groups attached to an aromatic ring is 3. The van der Waals surface area contributed by atoms with Gasteiger partial charge in [0.25, 0.3) is 0 Å². The van der Waals surface area contributed by atoms with Crippen molar-refractivity contribution < 1.29 is 0 Å². The van der Waals surface area contributed by atoms with Gasteiger partial charge in [0.15, 0.2) is 9.60 Å². The summed E-state index contributed by atoms with van der Waals surface area (Å²) in [5, 5.41) is 0. The third-order valence-electron chi connectivity index (χ3n) is 1.99.